The van der Waals surface area contributed by atoms with E-state index in [0.717, 1.165) is 23.4 Å². The maximum absolute atomic E-state index is 11.8. The average Bonchev–Trinajstić information content (AvgIpc) is 2.99. The fourth-order valence-electron chi connectivity index (χ4n) is 1.96. The van der Waals surface area contributed by atoms with Crippen LogP contribution in [0.3, 0.4) is 0 Å². The third-order valence-electron chi connectivity index (χ3n) is 2.86. The van der Waals surface area contributed by atoms with Crippen LogP contribution in [0.25, 0.3) is 11.0 Å². The number of hydrogen-bond acceptors (Lipinski definition) is 4. The third-order valence-corrected chi connectivity index (χ3v) is 4.02. The number of nitrogens with zero attached hydrogens (tertiary/aromatic N) is 2. The molecule has 1 fully saturated rings. The Kier molecular flexibility index (Phi) is 3.06. The normalized spacial score (nSPS) is 19.0. The highest BCUT2D eigenvalue weighted by molar-refractivity contribution is 7.99. The van der Waals surface area contributed by atoms with Gasteiger partial charge in [-0.3, -0.25) is 0 Å². The third kappa shape index (κ3) is 2.26. The molecule has 1 aliphatic heterocycles. The Morgan fingerprint density at radius 3 is 3.22 bits per heavy atom. The molecule has 0 saturated carbocycles. The van der Waals surface area contributed by atoms with Crippen LogP contribution in [0.5, 0.6) is 0 Å². The minimum absolute atomic E-state index is 0.182. The number of nitrogens with one attached hydrogen (secondary N) is 3. The Morgan fingerprint density at radius 2 is 2.39 bits per heavy atom. The minimum Gasteiger partial charge on any atom is -0.334 e. The monoisotopic (exact) mass is 263 g/mol. The number of benzene rings is 1. The number of aromatic amines is 1. The highest BCUT2D eigenvalue weighted by Gasteiger charge is 2.18. The quantitative estimate of drug-likeness (QED) is 0.768. The zero-order valence-corrected chi connectivity index (χ0v) is 10.5. The van der Waals surface area contributed by atoms with E-state index in [9.17, 15) is 4.79 Å². The molecular weight excluding hydrogens is 250 g/mol. The molecule has 1 aliphatic rings. The first kappa shape index (κ1) is 11.3. The molecule has 1 aromatic heterocycles. The number of anilines is 1. The lowest BCUT2D eigenvalue weighted by Gasteiger charge is -2.12. The van der Waals surface area contributed by atoms with Gasteiger partial charge in [0.1, 0.15) is 11.0 Å². The standard InChI is InChI=1S/C11H13N5OS/c17-11(12-7-4-5-18-6-7)13-8-2-1-3-9-10(8)15-16-14-9/h1-3,7H,4-6H2,(H2,12,13,17)(H,14,15,16). The van der Waals surface area contributed by atoms with Gasteiger partial charge in [-0.15, -0.1) is 0 Å². The fraction of sp³-hybridized carbons (Fsp3) is 0.364. The van der Waals surface area contributed by atoms with Crippen LogP contribution in [0.2, 0.25) is 0 Å². The summed E-state index contributed by atoms with van der Waals surface area (Å²) >= 11 is 1.86. The molecule has 0 spiro atoms. The summed E-state index contributed by atoms with van der Waals surface area (Å²) in [5, 5.41) is 16.3. The van der Waals surface area contributed by atoms with Gasteiger partial charge in [0.25, 0.3) is 0 Å². The number of fused-ring (bicyclic) bond motifs is 1. The summed E-state index contributed by atoms with van der Waals surface area (Å²) in [5.41, 5.74) is 2.09. The summed E-state index contributed by atoms with van der Waals surface area (Å²) in [4.78, 5) is 11.8. The molecule has 2 aromatic rings. The molecule has 94 valence electrons. The molecule has 7 heteroatoms. The van der Waals surface area contributed by atoms with Crippen LogP contribution in [-0.2, 0) is 0 Å². The van der Waals surface area contributed by atoms with E-state index in [2.05, 4.69) is 26.0 Å². The number of rotatable bonds is 2. The van der Waals surface area contributed by atoms with Gasteiger partial charge in [-0.2, -0.15) is 27.2 Å². The van der Waals surface area contributed by atoms with Crippen molar-refractivity contribution in [3.05, 3.63) is 18.2 Å². The molecule has 2 heterocycles. The van der Waals surface area contributed by atoms with Crippen LogP contribution < -0.4 is 10.6 Å². The Hall–Kier alpha value is -1.76. The lowest BCUT2D eigenvalue weighted by atomic mass is 10.2. The summed E-state index contributed by atoms with van der Waals surface area (Å²) in [6.45, 7) is 0. The van der Waals surface area contributed by atoms with Gasteiger partial charge in [0, 0.05) is 11.8 Å². The number of urea groups is 1. The van der Waals surface area contributed by atoms with E-state index >= 15 is 0 Å². The van der Waals surface area contributed by atoms with Crippen molar-refractivity contribution in [3.63, 3.8) is 0 Å². The molecule has 1 atom stereocenters. The Labute approximate surface area is 108 Å². The number of para-hydroxylation sites is 1. The number of carbonyl (C=O) groups excluding carboxylic acids is 1. The minimum atomic E-state index is -0.182. The van der Waals surface area contributed by atoms with E-state index in [-0.39, 0.29) is 12.1 Å². The number of aromatic nitrogens is 3. The smallest absolute Gasteiger partial charge is 0.319 e. The van der Waals surface area contributed by atoms with Crippen molar-refractivity contribution in [2.75, 3.05) is 16.8 Å². The second-order valence-corrected chi connectivity index (χ2v) is 5.31. The molecule has 1 aromatic carbocycles. The summed E-state index contributed by atoms with van der Waals surface area (Å²) in [5.74, 6) is 2.10. The topological polar surface area (TPSA) is 82.7 Å². The first-order chi connectivity index (χ1) is 8.83. The molecule has 0 radical (unpaired) electrons. The van der Waals surface area contributed by atoms with Gasteiger partial charge in [0.2, 0.25) is 0 Å². The van der Waals surface area contributed by atoms with Crippen LogP contribution in [0.1, 0.15) is 6.42 Å². The van der Waals surface area contributed by atoms with E-state index in [0.29, 0.717) is 11.2 Å². The predicted octanol–water partition coefficient (Wildman–Crippen LogP) is 1.58. The van der Waals surface area contributed by atoms with E-state index in [1.54, 1.807) is 0 Å². The van der Waals surface area contributed by atoms with Gasteiger partial charge in [-0.25, -0.2) is 4.79 Å². The molecule has 0 aliphatic carbocycles. The average molecular weight is 263 g/mol. The molecule has 1 unspecified atom stereocenters. The second-order valence-electron chi connectivity index (χ2n) is 4.16. The van der Waals surface area contributed by atoms with Crippen molar-refractivity contribution in [3.8, 4) is 0 Å². The van der Waals surface area contributed by atoms with Crippen molar-refractivity contribution in [2.24, 2.45) is 0 Å². The van der Waals surface area contributed by atoms with Crippen LogP contribution in [0, 0.1) is 0 Å². The zero-order chi connectivity index (χ0) is 12.4. The molecule has 2 amide bonds. The van der Waals surface area contributed by atoms with Crippen molar-refractivity contribution in [2.45, 2.75) is 12.5 Å². The van der Waals surface area contributed by atoms with Crippen molar-refractivity contribution in [1.82, 2.24) is 20.7 Å². The van der Waals surface area contributed by atoms with E-state index < -0.39 is 0 Å². The highest BCUT2D eigenvalue weighted by Crippen LogP contribution is 2.20. The van der Waals surface area contributed by atoms with Crippen LogP contribution in [0.4, 0.5) is 10.5 Å². The van der Waals surface area contributed by atoms with E-state index in [4.69, 9.17) is 0 Å². The largest absolute Gasteiger partial charge is 0.334 e. The number of hydrogen-bond donors (Lipinski definition) is 3. The predicted molar refractivity (Wildman–Crippen MR) is 71.8 cm³/mol. The number of carbonyl (C=O) groups is 1. The second kappa shape index (κ2) is 4.85. The number of H-pyrrole nitrogens is 1. The Balaban J connectivity index is 1.71. The van der Waals surface area contributed by atoms with Crippen molar-refractivity contribution < 1.29 is 4.79 Å². The molecule has 18 heavy (non-hydrogen) atoms. The SMILES string of the molecule is O=C(Nc1cccc2n[nH]nc12)NC1CCSC1. The van der Waals surface area contributed by atoms with Crippen LogP contribution in [0.15, 0.2) is 18.2 Å². The van der Waals surface area contributed by atoms with Crippen LogP contribution >= 0.6 is 11.8 Å². The van der Waals surface area contributed by atoms with Crippen molar-refractivity contribution in [1.29, 1.82) is 0 Å². The van der Waals surface area contributed by atoms with Gasteiger partial charge in [-0.05, 0) is 24.3 Å². The molecule has 1 saturated heterocycles. The first-order valence-corrected chi connectivity index (χ1v) is 6.93. The van der Waals surface area contributed by atoms with Gasteiger partial charge >= 0.3 is 6.03 Å². The lowest BCUT2D eigenvalue weighted by Crippen LogP contribution is -2.37. The Bertz CT molecular complexity index is 563. The molecule has 0 bridgehead atoms. The molecular formula is C11H13N5OS. The molecule has 6 nitrogen and oxygen atoms in total. The molecule has 3 rings (SSSR count). The first-order valence-electron chi connectivity index (χ1n) is 5.78. The summed E-state index contributed by atoms with van der Waals surface area (Å²) in [6, 6.07) is 5.58. The zero-order valence-electron chi connectivity index (χ0n) is 9.64. The summed E-state index contributed by atoms with van der Waals surface area (Å²) in [7, 11) is 0. The van der Waals surface area contributed by atoms with Crippen molar-refractivity contribution >= 4 is 34.5 Å². The fourth-order valence-corrected chi connectivity index (χ4v) is 3.11. The van der Waals surface area contributed by atoms with Gasteiger partial charge < -0.3 is 10.6 Å². The Morgan fingerprint density at radius 1 is 1.44 bits per heavy atom. The summed E-state index contributed by atoms with van der Waals surface area (Å²) < 4.78 is 0. The number of thioether (sulfide) groups is 1. The lowest BCUT2D eigenvalue weighted by molar-refractivity contribution is 0.249. The van der Waals surface area contributed by atoms with E-state index in [1.807, 2.05) is 30.0 Å². The summed E-state index contributed by atoms with van der Waals surface area (Å²) in [6.07, 6.45) is 1.03. The highest BCUT2D eigenvalue weighted by atomic mass is 32.2. The number of amides is 2. The van der Waals surface area contributed by atoms with Gasteiger partial charge in [0.15, 0.2) is 0 Å². The maximum atomic E-state index is 11.8. The maximum Gasteiger partial charge on any atom is 0.319 e. The van der Waals surface area contributed by atoms with Gasteiger partial charge in [0.05, 0.1) is 5.69 Å². The van der Waals surface area contributed by atoms with Crippen LogP contribution in [-0.4, -0.2) is 39.0 Å². The molecule has 3 N–H and O–H groups in total. The van der Waals surface area contributed by atoms with Gasteiger partial charge in [-0.1, -0.05) is 6.07 Å². The van der Waals surface area contributed by atoms with E-state index in [1.165, 1.54) is 0 Å².